The Morgan fingerprint density at radius 2 is 1.87 bits per heavy atom. The Morgan fingerprint density at radius 1 is 1.22 bits per heavy atom. The van der Waals surface area contributed by atoms with Crippen LogP contribution in [0.15, 0.2) is 0 Å². The van der Waals surface area contributed by atoms with Gasteiger partial charge in [0.1, 0.15) is 0 Å². The summed E-state index contributed by atoms with van der Waals surface area (Å²) >= 11 is 0. The van der Waals surface area contributed by atoms with Gasteiger partial charge in [-0.15, -0.1) is 12.4 Å². The maximum atomic E-state index is 12.7. The lowest BCUT2D eigenvalue weighted by molar-refractivity contribution is -0.138. The zero-order chi connectivity index (χ0) is 16.2. The number of nitrogens with zero attached hydrogens (tertiary/aromatic N) is 2. The summed E-state index contributed by atoms with van der Waals surface area (Å²) in [7, 11) is 0. The Morgan fingerprint density at radius 3 is 2.48 bits per heavy atom. The van der Waals surface area contributed by atoms with Crippen molar-refractivity contribution in [3.8, 4) is 0 Å². The van der Waals surface area contributed by atoms with Gasteiger partial charge in [-0.1, -0.05) is 20.3 Å². The summed E-state index contributed by atoms with van der Waals surface area (Å²) in [4.78, 5) is 17.3. The maximum absolute atomic E-state index is 12.7. The molecule has 4 nitrogen and oxygen atoms in total. The van der Waals surface area contributed by atoms with Crippen molar-refractivity contribution in [1.29, 1.82) is 0 Å². The predicted octanol–water partition coefficient (Wildman–Crippen LogP) is 2.90. The van der Waals surface area contributed by atoms with Crippen molar-refractivity contribution in [3.05, 3.63) is 0 Å². The molecule has 2 aliphatic heterocycles. The number of hydrogen-bond donors (Lipinski definition) is 1. The zero-order valence-electron chi connectivity index (χ0n) is 15.2. The smallest absolute Gasteiger partial charge is 0.242 e. The molecule has 0 aliphatic carbocycles. The molecule has 2 fully saturated rings. The Kier molecular flexibility index (Phi) is 8.32. The topological polar surface area (TPSA) is 49.6 Å². The minimum absolute atomic E-state index is 0. The van der Waals surface area contributed by atoms with Crippen LogP contribution in [0.5, 0.6) is 0 Å². The molecule has 2 aliphatic rings. The van der Waals surface area contributed by atoms with Crippen LogP contribution in [0.4, 0.5) is 0 Å². The second-order valence-electron chi connectivity index (χ2n) is 7.91. The Labute approximate surface area is 148 Å². The molecule has 0 radical (unpaired) electrons. The van der Waals surface area contributed by atoms with Crippen molar-refractivity contribution in [2.45, 2.75) is 64.8 Å². The monoisotopic (exact) mass is 345 g/mol. The van der Waals surface area contributed by atoms with Gasteiger partial charge in [-0.25, -0.2) is 0 Å². The highest BCUT2D eigenvalue weighted by Crippen LogP contribution is 2.24. The number of piperidine rings is 2. The van der Waals surface area contributed by atoms with Gasteiger partial charge < -0.3 is 15.5 Å². The second-order valence-corrected chi connectivity index (χ2v) is 7.91. The van der Waals surface area contributed by atoms with Crippen LogP contribution in [-0.2, 0) is 4.79 Å². The van der Waals surface area contributed by atoms with Crippen LogP contribution in [0, 0.1) is 11.8 Å². The molecule has 0 aromatic heterocycles. The molecule has 0 aromatic rings. The largest absolute Gasteiger partial charge is 0.341 e. The molecular formula is C18H36ClN3O. The van der Waals surface area contributed by atoms with E-state index in [0.29, 0.717) is 5.92 Å². The number of nitrogens with two attached hydrogens (primary N) is 1. The standard InChI is InChI=1S/C18H35N3O.ClH/c1-4-9-18(3,19)17(22)21-10-5-6-16(14-21)13-20-11-7-15(2)8-12-20;/h15-16H,4-14,19H2,1-3H3;1H. The first kappa shape index (κ1) is 20.7. The molecule has 2 atom stereocenters. The van der Waals surface area contributed by atoms with Crippen LogP contribution in [0.25, 0.3) is 0 Å². The molecule has 1 amide bonds. The minimum Gasteiger partial charge on any atom is -0.341 e. The summed E-state index contributed by atoms with van der Waals surface area (Å²) in [6.45, 7) is 11.8. The molecule has 2 rings (SSSR count). The molecule has 2 saturated heterocycles. The van der Waals surface area contributed by atoms with Crippen LogP contribution >= 0.6 is 12.4 Å². The lowest BCUT2D eigenvalue weighted by atomic mass is 9.91. The van der Waals surface area contributed by atoms with Crippen molar-refractivity contribution in [1.82, 2.24) is 9.80 Å². The van der Waals surface area contributed by atoms with E-state index in [1.165, 1.54) is 32.4 Å². The van der Waals surface area contributed by atoms with E-state index in [-0.39, 0.29) is 18.3 Å². The lowest BCUT2D eigenvalue weighted by Crippen LogP contribution is -2.56. The number of hydrogen-bond acceptors (Lipinski definition) is 3. The summed E-state index contributed by atoms with van der Waals surface area (Å²) in [5.41, 5.74) is 5.56. The van der Waals surface area contributed by atoms with Crippen molar-refractivity contribution in [3.63, 3.8) is 0 Å². The molecule has 2 heterocycles. The van der Waals surface area contributed by atoms with Gasteiger partial charge in [0.25, 0.3) is 0 Å². The molecule has 0 saturated carbocycles. The third-order valence-electron chi connectivity index (χ3n) is 5.46. The van der Waals surface area contributed by atoms with Crippen LogP contribution in [0.1, 0.15) is 59.3 Å². The molecule has 0 spiro atoms. The van der Waals surface area contributed by atoms with E-state index in [1.54, 1.807) is 0 Å². The molecule has 23 heavy (non-hydrogen) atoms. The second kappa shape index (κ2) is 9.24. The van der Waals surface area contributed by atoms with Gasteiger partial charge in [0.2, 0.25) is 5.91 Å². The van der Waals surface area contributed by atoms with E-state index >= 15 is 0 Å². The third-order valence-corrected chi connectivity index (χ3v) is 5.46. The van der Waals surface area contributed by atoms with Crippen LogP contribution in [0.3, 0.4) is 0 Å². The number of halogens is 1. The highest BCUT2D eigenvalue weighted by Gasteiger charge is 2.34. The SMILES string of the molecule is CCCC(C)(N)C(=O)N1CCCC(CN2CCC(C)CC2)C1.Cl. The lowest BCUT2D eigenvalue weighted by Gasteiger charge is -2.40. The zero-order valence-corrected chi connectivity index (χ0v) is 16.0. The fourth-order valence-electron chi connectivity index (χ4n) is 4.00. The Hall–Kier alpha value is -0.320. The van der Waals surface area contributed by atoms with E-state index in [4.69, 9.17) is 5.73 Å². The van der Waals surface area contributed by atoms with E-state index in [2.05, 4.69) is 18.7 Å². The van der Waals surface area contributed by atoms with Gasteiger partial charge in [-0.3, -0.25) is 4.79 Å². The van der Waals surface area contributed by atoms with Gasteiger partial charge in [0.15, 0.2) is 0 Å². The van der Waals surface area contributed by atoms with Crippen LogP contribution in [0.2, 0.25) is 0 Å². The molecule has 0 aromatic carbocycles. The molecule has 136 valence electrons. The summed E-state index contributed by atoms with van der Waals surface area (Å²) in [6.07, 6.45) is 6.77. The van der Waals surface area contributed by atoms with Crippen molar-refractivity contribution in [2.75, 3.05) is 32.7 Å². The first-order chi connectivity index (χ1) is 10.4. The van der Waals surface area contributed by atoms with Crippen molar-refractivity contribution >= 4 is 18.3 Å². The third kappa shape index (κ3) is 5.91. The molecule has 2 N–H and O–H groups in total. The number of rotatable bonds is 5. The normalized spacial score (nSPS) is 26.4. The number of carbonyl (C=O) groups is 1. The fourth-order valence-corrected chi connectivity index (χ4v) is 4.00. The minimum atomic E-state index is -0.683. The fraction of sp³-hybridized carbons (Fsp3) is 0.944. The molecule has 5 heteroatoms. The average Bonchev–Trinajstić information content (AvgIpc) is 2.49. The highest BCUT2D eigenvalue weighted by atomic mass is 35.5. The van der Waals surface area contributed by atoms with E-state index in [9.17, 15) is 4.79 Å². The summed E-state index contributed by atoms with van der Waals surface area (Å²) in [5, 5.41) is 0. The Balaban J connectivity index is 0.00000264. The molecule has 0 bridgehead atoms. The highest BCUT2D eigenvalue weighted by molar-refractivity contribution is 5.86. The van der Waals surface area contributed by atoms with Crippen molar-refractivity contribution < 1.29 is 4.79 Å². The first-order valence-electron chi connectivity index (χ1n) is 9.23. The van der Waals surface area contributed by atoms with Crippen molar-refractivity contribution in [2.24, 2.45) is 17.6 Å². The van der Waals surface area contributed by atoms with Crippen LogP contribution in [-0.4, -0.2) is 54.0 Å². The van der Waals surface area contributed by atoms with E-state index in [1.807, 2.05) is 11.8 Å². The summed E-state index contributed by atoms with van der Waals surface area (Å²) in [5.74, 6) is 1.67. The predicted molar refractivity (Wildman–Crippen MR) is 98.9 cm³/mol. The number of amides is 1. The number of likely N-dealkylation sites (tertiary alicyclic amines) is 2. The van der Waals surface area contributed by atoms with E-state index in [0.717, 1.165) is 44.8 Å². The summed E-state index contributed by atoms with van der Waals surface area (Å²) in [6, 6.07) is 0. The Bertz CT molecular complexity index is 367. The van der Waals surface area contributed by atoms with Gasteiger partial charge in [0, 0.05) is 19.6 Å². The van der Waals surface area contributed by atoms with Gasteiger partial charge in [0.05, 0.1) is 5.54 Å². The van der Waals surface area contributed by atoms with Gasteiger partial charge in [-0.05, 0) is 64.0 Å². The average molecular weight is 346 g/mol. The number of carbonyl (C=O) groups excluding carboxylic acids is 1. The van der Waals surface area contributed by atoms with Gasteiger partial charge >= 0.3 is 0 Å². The van der Waals surface area contributed by atoms with E-state index < -0.39 is 5.54 Å². The summed E-state index contributed by atoms with van der Waals surface area (Å²) < 4.78 is 0. The first-order valence-corrected chi connectivity index (χ1v) is 9.23. The quantitative estimate of drug-likeness (QED) is 0.833. The van der Waals surface area contributed by atoms with Crippen LogP contribution < -0.4 is 5.73 Å². The molecular weight excluding hydrogens is 310 g/mol. The molecule has 2 unspecified atom stereocenters. The maximum Gasteiger partial charge on any atom is 0.242 e. The van der Waals surface area contributed by atoms with Gasteiger partial charge in [-0.2, -0.15) is 0 Å².